The number of anilines is 1. The second-order valence-corrected chi connectivity index (χ2v) is 4.70. The topological polar surface area (TPSA) is 53.3 Å². The van der Waals surface area contributed by atoms with Gasteiger partial charge in [-0.15, -0.1) is 0 Å². The minimum absolute atomic E-state index is 0.0405. The van der Waals surface area contributed by atoms with Gasteiger partial charge < -0.3 is 9.64 Å². The molecule has 1 aliphatic heterocycles. The molecule has 0 radical (unpaired) electrons. The Morgan fingerprint density at radius 2 is 2.41 bits per heavy atom. The Bertz CT molecular complexity index is 470. The van der Waals surface area contributed by atoms with Crippen LogP contribution in [0.3, 0.4) is 0 Å². The summed E-state index contributed by atoms with van der Waals surface area (Å²) in [5.74, 6) is -0.0720. The molecule has 1 atom stereocenters. The molecule has 1 heterocycles. The third-order valence-electron chi connectivity index (χ3n) is 2.57. The van der Waals surface area contributed by atoms with E-state index in [4.69, 9.17) is 10.00 Å². The summed E-state index contributed by atoms with van der Waals surface area (Å²) in [5, 5.41) is 8.64. The molecule has 88 valence electrons. The molecule has 1 saturated heterocycles. The number of halogens is 1. The lowest BCUT2D eigenvalue weighted by atomic mass is 10.2. The number of amides is 1. The minimum atomic E-state index is -0.198. The van der Waals surface area contributed by atoms with E-state index in [-0.39, 0.29) is 18.6 Å². The van der Waals surface area contributed by atoms with Gasteiger partial charge in [0.1, 0.15) is 6.61 Å². The predicted molar refractivity (Wildman–Crippen MR) is 66.5 cm³/mol. The molecule has 5 heteroatoms. The summed E-state index contributed by atoms with van der Waals surface area (Å²) in [4.78, 5) is 13.4. The van der Waals surface area contributed by atoms with E-state index >= 15 is 0 Å². The first-order chi connectivity index (χ1) is 8.20. The molecule has 1 aromatic carbocycles. The monoisotopic (exact) mass is 294 g/mol. The van der Waals surface area contributed by atoms with Crippen LogP contribution in [0.2, 0.25) is 0 Å². The van der Waals surface area contributed by atoms with Crippen molar-refractivity contribution in [2.45, 2.75) is 12.5 Å². The van der Waals surface area contributed by atoms with Crippen LogP contribution in [0.5, 0.6) is 0 Å². The summed E-state index contributed by atoms with van der Waals surface area (Å²) in [6.07, 6.45) is 0.106. The molecule has 0 saturated carbocycles. The second kappa shape index (κ2) is 5.30. The summed E-state index contributed by atoms with van der Waals surface area (Å²) >= 11 is 3.37. The molecule has 1 aliphatic rings. The van der Waals surface area contributed by atoms with Crippen LogP contribution >= 0.6 is 15.9 Å². The van der Waals surface area contributed by atoms with Crippen LogP contribution in [0.1, 0.15) is 6.42 Å². The van der Waals surface area contributed by atoms with Gasteiger partial charge in [-0.05, 0) is 18.2 Å². The average molecular weight is 295 g/mol. The quantitative estimate of drug-likeness (QED) is 0.839. The first kappa shape index (κ1) is 12.1. The van der Waals surface area contributed by atoms with E-state index in [0.29, 0.717) is 13.0 Å². The molecule has 1 fully saturated rings. The standard InChI is InChI=1S/C12H11BrN2O2/c13-9-2-1-3-10(6-9)15-7-11(4-5-14)17-8-12(15)16/h1-3,6,11H,4,7-8H2. The molecular formula is C12H11BrN2O2. The number of nitrogens with zero attached hydrogens (tertiary/aromatic N) is 2. The van der Waals surface area contributed by atoms with Crippen molar-refractivity contribution in [3.63, 3.8) is 0 Å². The fourth-order valence-corrected chi connectivity index (χ4v) is 2.13. The van der Waals surface area contributed by atoms with Crippen molar-refractivity contribution < 1.29 is 9.53 Å². The molecule has 1 amide bonds. The maximum atomic E-state index is 11.8. The van der Waals surface area contributed by atoms with E-state index in [1.807, 2.05) is 24.3 Å². The Morgan fingerprint density at radius 1 is 1.59 bits per heavy atom. The first-order valence-electron chi connectivity index (χ1n) is 5.25. The number of benzene rings is 1. The van der Waals surface area contributed by atoms with Crippen LogP contribution in [-0.4, -0.2) is 25.2 Å². The van der Waals surface area contributed by atoms with Crippen molar-refractivity contribution in [1.82, 2.24) is 0 Å². The Balaban J connectivity index is 2.18. The fraction of sp³-hybridized carbons (Fsp3) is 0.333. The molecule has 4 nitrogen and oxygen atoms in total. The van der Waals surface area contributed by atoms with Gasteiger partial charge in [0, 0.05) is 10.2 Å². The van der Waals surface area contributed by atoms with E-state index < -0.39 is 0 Å². The molecule has 17 heavy (non-hydrogen) atoms. The van der Waals surface area contributed by atoms with Gasteiger partial charge in [-0.2, -0.15) is 5.26 Å². The third kappa shape index (κ3) is 2.84. The van der Waals surface area contributed by atoms with Crippen molar-refractivity contribution in [2.75, 3.05) is 18.1 Å². The zero-order chi connectivity index (χ0) is 12.3. The summed E-state index contributed by atoms with van der Waals surface area (Å²) in [6.45, 7) is 0.474. The van der Waals surface area contributed by atoms with E-state index in [2.05, 4.69) is 22.0 Å². The van der Waals surface area contributed by atoms with Gasteiger partial charge in [-0.1, -0.05) is 22.0 Å². The second-order valence-electron chi connectivity index (χ2n) is 3.78. The molecule has 0 spiro atoms. The van der Waals surface area contributed by atoms with Gasteiger partial charge in [0.15, 0.2) is 0 Å². The molecule has 1 aromatic rings. The van der Waals surface area contributed by atoms with Gasteiger partial charge in [0.2, 0.25) is 0 Å². The number of nitriles is 1. The zero-order valence-corrected chi connectivity index (χ0v) is 10.7. The lowest BCUT2D eigenvalue weighted by Crippen LogP contribution is -2.46. The lowest BCUT2D eigenvalue weighted by molar-refractivity contribution is -0.129. The SMILES string of the molecule is N#CCC1CN(c2cccc(Br)c2)C(=O)CO1. The summed E-state index contributed by atoms with van der Waals surface area (Å²) < 4.78 is 6.21. The van der Waals surface area contributed by atoms with E-state index in [1.54, 1.807) is 4.90 Å². The van der Waals surface area contributed by atoms with Crippen LogP contribution in [0.15, 0.2) is 28.7 Å². The van der Waals surface area contributed by atoms with E-state index in [1.165, 1.54) is 0 Å². The predicted octanol–water partition coefficient (Wildman–Crippen LogP) is 2.09. The van der Waals surface area contributed by atoms with Gasteiger partial charge in [0.05, 0.1) is 25.1 Å². The summed E-state index contributed by atoms with van der Waals surface area (Å²) in [5.41, 5.74) is 0.829. The Morgan fingerprint density at radius 3 is 3.12 bits per heavy atom. The largest absolute Gasteiger partial charge is 0.365 e. The van der Waals surface area contributed by atoms with Crippen molar-refractivity contribution in [3.05, 3.63) is 28.7 Å². The summed E-state index contributed by atoms with van der Waals surface area (Å²) in [6, 6.07) is 9.60. The number of hydrogen-bond donors (Lipinski definition) is 0. The Kier molecular flexibility index (Phi) is 3.77. The smallest absolute Gasteiger partial charge is 0.253 e. The maximum absolute atomic E-state index is 11.8. The zero-order valence-electron chi connectivity index (χ0n) is 9.10. The Hall–Kier alpha value is -1.38. The fourth-order valence-electron chi connectivity index (χ4n) is 1.74. The number of rotatable bonds is 2. The average Bonchev–Trinajstić information content (AvgIpc) is 2.32. The molecule has 0 bridgehead atoms. The molecule has 2 rings (SSSR count). The van der Waals surface area contributed by atoms with Gasteiger partial charge >= 0.3 is 0 Å². The van der Waals surface area contributed by atoms with Crippen molar-refractivity contribution in [3.8, 4) is 6.07 Å². The van der Waals surface area contributed by atoms with Gasteiger partial charge in [0.25, 0.3) is 5.91 Å². The highest BCUT2D eigenvalue weighted by Crippen LogP contribution is 2.23. The third-order valence-corrected chi connectivity index (χ3v) is 3.06. The van der Waals surface area contributed by atoms with E-state index in [9.17, 15) is 4.79 Å². The molecule has 0 aromatic heterocycles. The maximum Gasteiger partial charge on any atom is 0.253 e. The molecule has 0 aliphatic carbocycles. The molecule has 0 N–H and O–H groups in total. The Labute approximate surface area is 108 Å². The van der Waals surface area contributed by atoms with E-state index in [0.717, 1.165) is 10.2 Å². The minimum Gasteiger partial charge on any atom is -0.365 e. The summed E-state index contributed by atoms with van der Waals surface area (Å²) in [7, 11) is 0. The van der Waals surface area contributed by atoms with Crippen LogP contribution in [0, 0.1) is 11.3 Å². The normalized spacial score (nSPS) is 20.1. The number of carbonyl (C=O) groups is 1. The number of morpholine rings is 1. The highest BCUT2D eigenvalue weighted by molar-refractivity contribution is 9.10. The van der Waals surface area contributed by atoms with Gasteiger partial charge in [-0.3, -0.25) is 4.79 Å². The van der Waals surface area contributed by atoms with Gasteiger partial charge in [-0.25, -0.2) is 0 Å². The number of carbonyl (C=O) groups excluding carboxylic acids is 1. The van der Waals surface area contributed by atoms with Crippen molar-refractivity contribution in [2.24, 2.45) is 0 Å². The highest BCUT2D eigenvalue weighted by atomic mass is 79.9. The van der Waals surface area contributed by atoms with Crippen LogP contribution in [0.4, 0.5) is 5.69 Å². The highest BCUT2D eigenvalue weighted by Gasteiger charge is 2.27. The first-order valence-corrected chi connectivity index (χ1v) is 6.04. The van der Waals surface area contributed by atoms with Crippen molar-refractivity contribution in [1.29, 1.82) is 5.26 Å². The molecule has 1 unspecified atom stereocenters. The number of ether oxygens (including phenoxy) is 1. The number of hydrogen-bond acceptors (Lipinski definition) is 3. The van der Waals surface area contributed by atoms with Crippen LogP contribution in [-0.2, 0) is 9.53 Å². The van der Waals surface area contributed by atoms with Crippen LogP contribution < -0.4 is 4.90 Å². The van der Waals surface area contributed by atoms with Crippen molar-refractivity contribution >= 4 is 27.5 Å². The lowest BCUT2D eigenvalue weighted by Gasteiger charge is -2.31. The van der Waals surface area contributed by atoms with Crippen LogP contribution in [0.25, 0.3) is 0 Å². The molecular weight excluding hydrogens is 284 g/mol.